The molecule has 2 heterocycles. The minimum absolute atomic E-state index is 0.217. The lowest BCUT2D eigenvalue weighted by Crippen LogP contribution is -2.51. The summed E-state index contributed by atoms with van der Waals surface area (Å²) >= 11 is 0. The third-order valence-corrected chi connectivity index (χ3v) is 4.39. The molecule has 1 aromatic rings. The Hall–Kier alpha value is -1.79. The van der Waals surface area contributed by atoms with Gasteiger partial charge in [-0.05, 0) is 47.7 Å². The quantitative estimate of drug-likeness (QED) is 0.643. The fraction of sp³-hybridized carbons (Fsp3) is 0.708. The van der Waals surface area contributed by atoms with E-state index in [4.69, 9.17) is 59.7 Å². The van der Waals surface area contributed by atoms with Crippen LogP contribution in [0.25, 0.3) is 0 Å². The Bertz CT molecular complexity index is 1810. The van der Waals surface area contributed by atoms with Crippen molar-refractivity contribution in [3.63, 3.8) is 0 Å². The van der Waals surface area contributed by atoms with Crippen LogP contribution in [0.1, 0.15) is 98.5 Å². The van der Waals surface area contributed by atoms with E-state index in [0.717, 1.165) is 0 Å². The molecule has 4 atom stereocenters. The molecule has 30 heavy (non-hydrogen) atoms. The average Bonchev–Trinajstić information content (AvgIpc) is 2.98. The highest BCUT2D eigenvalue weighted by Gasteiger charge is 2.41. The maximum Gasteiger partial charge on any atom is 0.323 e. The average molecular weight is 449 g/mol. The Balaban J connectivity index is 2.60. The Morgan fingerprint density at radius 2 is 2.17 bits per heavy atom. The van der Waals surface area contributed by atoms with Gasteiger partial charge in [-0.25, -0.2) is 0 Å². The largest absolute Gasteiger partial charge is 0.493 e. The van der Waals surface area contributed by atoms with E-state index >= 15 is 0 Å². The van der Waals surface area contributed by atoms with Gasteiger partial charge in [0.05, 0.1) is 27.8 Å². The molecule has 168 valence electrons. The SMILES string of the molecule is [2H]c1c(OC([2H])([2H])[2H])c(OC([2H])([2H])[2H])c([2H])c2c1C1CC([2H])(OC(=O)[C@@]([2H])(N)C([2H])(C([2H])([2H])[2H])C([2H])([2H])[2H])C(C([2H])([2H])C([2H])(C([2H])([2H])[2H])C([2H])([2H])[2H])CN1C([2H])([2H])C2([2H])[2H]. The number of fused-ring (bicyclic) bond motifs is 3. The molecule has 3 unspecified atom stereocenters. The van der Waals surface area contributed by atoms with Crippen LogP contribution in [0, 0.1) is 17.7 Å². The predicted molar refractivity (Wildman–Crippen MR) is 118 cm³/mol. The summed E-state index contributed by atoms with van der Waals surface area (Å²) in [5, 5.41) is 0. The van der Waals surface area contributed by atoms with Crippen molar-refractivity contribution < 1.29 is 60.1 Å². The standard InChI is InChI=1S/C24H38N2O4/c1-14(2)9-17-13-26-8-7-16-10-21(28-5)22(29-6)11-18(16)19(26)12-20(17)30-24(27)23(25)15(3)4/h10-11,14-15,17,19-20,23H,7-9,12-13,25H2,1-6H3/t17?,19?,20?,23-/m0/s1/i1D3,2D3,3D3,4D3,5D3,6D3,7D2,8D2,9D2,10D,11D,14D,15D,20D,23D. The minimum Gasteiger partial charge on any atom is -0.493 e. The highest BCUT2D eigenvalue weighted by atomic mass is 16.5. The van der Waals surface area contributed by atoms with Crippen molar-refractivity contribution in [3.05, 3.63) is 23.2 Å². The number of nitrogens with zero attached hydrogens (tertiary/aromatic N) is 1. The molecule has 3 rings (SSSR count). The van der Waals surface area contributed by atoms with Crippen molar-refractivity contribution in [1.29, 1.82) is 0 Å². The predicted octanol–water partition coefficient (Wildman–Crippen LogP) is 3.56. The van der Waals surface area contributed by atoms with E-state index in [1.807, 2.05) is 0 Å². The van der Waals surface area contributed by atoms with E-state index in [-0.39, 0.29) is 4.90 Å². The first-order valence-electron chi connectivity index (χ1n) is 23.3. The number of esters is 1. The van der Waals surface area contributed by atoms with Gasteiger partial charge in [-0.15, -0.1) is 0 Å². The Morgan fingerprint density at radius 3 is 2.87 bits per heavy atom. The molecule has 6 heteroatoms. The Labute approximate surface area is 223 Å². The minimum atomic E-state index is -4.41. The van der Waals surface area contributed by atoms with Crippen molar-refractivity contribution in [2.45, 2.75) is 64.7 Å². The summed E-state index contributed by atoms with van der Waals surface area (Å²) in [4.78, 5) is 14.1. The number of hydrogen-bond acceptors (Lipinski definition) is 6. The van der Waals surface area contributed by atoms with E-state index in [2.05, 4.69) is 0 Å². The summed E-state index contributed by atoms with van der Waals surface area (Å²) in [6.07, 6.45) is -13.6. The van der Waals surface area contributed by atoms with Crippen LogP contribution in [0.3, 0.4) is 0 Å². The fourth-order valence-electron chi connectivity index (χ4n) is 3.04. The highest BCUT2D eigenvalue weighted by Crippen LogP contribution is 2.44. The maximum absolute atomic E-state index is 13.9. The van der Waals surface area contributed by atoms with Crippen molar-refractivity contribution in [1.82, 2.24) is 4.90 Å². The van der Waals surface area contributed by atoms with E-state index < -0.39 is 150 Å². The third-order valence-electron chi connectivity index (χ3n) is 4.39. The zero-order valence-corrected chi connectivity index (χ0v) is 15.2. The van der Waals surface area contributed by atoms with Crippen molar-refractivity contribution >= 4 is 5.97 Å². The van der Waals surface area contributed by atoms with Gasteiger partial charge in [0.2, 0.25) is 0 Å². The number of rotatable bonds is 7. The molecule has 2 aliphatic heterocycles. The molecule has 0 saturated carbocycles. The number of methoxy groups -OCH3 is 2. The van der Waals surface area contributed by atoms with Crippen molar-refractivity contribution in [3.8, 4) is 11.5 Å². The second-order valence-electron chi connectivity index (χ2n) is 6.23. The highest BCUT2D eigenvalue weighted by molar-refractivity contribution is 5.76. The van der Waals surface area contributed by atoms with Crippen LogP contribution in [0.4, 0.5) is 0 Å². The maximum atomic E-state index is 13.9. The van der Waals surface area contributed by atoms with E-state index in [1.165, 1.54) is 0 Å². The number of benzene rings is 1. The zero-order chi connectivity index (χ0) is 47.8. The van der Waals surface area contributed by atoms with Gasteiger partial charge < -0.3 is 19.9 Å². The first-order valence-corrected chi connectivity index (χ1v) is 8.30. The summed E-state index contributed by atoms with van der Waals surface area (Å²) < 4.78 is 260. The molecule has 1 aromatic carbocycles. The molecule has 0 aliphatic carbocycles. The monoisotopic (exact) mass is 448 g/mol. The number of piperidine rings is 1. The van der Waals surface area contributed by atoms with Crippen LogP contribution in [0.5, 0.6) is 11.5 Å². The number of nitrogens with two attached hydrogens (primary N) is 1. The first-order chi connectivity index (χ1) is 26.0. The second-order valence-corrected chi connectivity index (χ2v) is 6.23. The second kappa shape index (κ2) is 9.56. The lowest BCUT2D eigenvalue weighted by molar-refractivity contribution is -0.160. The van der Waals surface area contributed by atoms with Gasteiger partial charge in [-0.3, -0.25) is 9.69 Å². The van der Waals surface area contributed by atoms with E-state index in [0.29, 0.717) is 0 Å². The van der Waals surface area contributed by atoms with Crippen molar-refractivity contribution in [2.24, 2.45) is 23.4 Å². The molecule has 1 fully saturated rings. The Kier molecular flexibility index (Phi) is 1.84. The van der Waals surface area contributed by atoms with Crippen LogP contribution in [-0.4, -0.2) is 50.1 Å². The van der Waals surface area contributed by atoms with E-state index in [1.54, 1.807) is 0 Å². The van der Waals surface area contributed by atoms with Crippen LogP contribution in [0.2, 0.25) is 0 Å². The van der Waals surface area contributed by atoms with Gasteiger partial charge in [-0.1, -0.05) is 27.4 Å². The third kappa shape index (κ3) is 4.75. The fourth-order valence-corrected chi connectivity index (χ4v) is 3.04. The molecule has 0 radical (unpaired) electrons. The van der Waals surface area contributed by atoms with Gasteiger partial charge >= 0.3 is 5.97 Å². The van der Waals surface area contributed by atoms with Gasteiger partial charge in [0, 0.05) is 58.8 Å². The molecule has 0 spiro atoms. The molecule has 0 amide bonds. The van der Waals surface area contributed by atoms with Crippen LogP contribution in [0.15, 0.2) is 12.1 Å². The lowest BCUT2D eigenvalue weighted by atomic mass is 9.79. The van der Waals surface area contributed by atoms with Gasteiger partial charge in [0.25, 0.3) is 0 Å². The molecule has 2 N–H and O–H groups in total. The summed E-state index contributed by atoms with van der Waals surface area (Å²) in [6, 6.07) is -9.56. The van der Waals surface area contributed by atoms with E-state index in [9.17, 15) is 6.17 Å². The number of carbonyl (C=O) groups is 1. The summed E-state index contributed by atoms with van der Waals surface area (Å²) in [5.41, 5.74) is 3.26. The number of ether oxygens (including phenoxy) is 3. The molecular weight excluding hydrogens is 380 g/mol. The summed E-state index contributed by atoms with van der Waals surface area (Å²) in [6.45, 7) is -22.3. The molecular formula is C24H38N2O4. The topological polar surface area (TPSA) is 74.0 Å². The summed E-state index contributed by atoms with van der Waals surface area (Å²) in [5.74, 6) is -17.4. The smallest absolute Gasteiger partial charge is 0.323 e. The molecule has 0 bridgehead atoms. The molecule has 1 saturated heterocycles. The lowest BCUT2D eigenvalue weighted by Gasteiger charge is -2.47. The van der Waals surface area contributed by atoms with Gasteiger partial charge in [-0.2, -0.15) is 0 Å². The van der Waals surface area contributed by atoms with Gasteiger partial charge in [0.15, 0.2) is 11.5 Å². The van der Waals surface area contributed by atoms with Crippen LogP contribution < -0.4 is 15.2 Å². The Morgan fingerprint density at radius 1 is 1.40 bits per heavy atom. The number of hydrogen-bond donors (Lipinski definition) is 1. The molecule has 0 aromatic heterocycles. The molecule has 6 nitrogen and oxygen atoms in total. The number of carbonyl (C=O) groups excluding carboxylic acids is 1. The summed E-state index contributed by atoms with van der Waals surface area (Å²) in [7, 11) is -7.19. The first kappa shape index (κ1) is 5.76. The van der Waals surface area contributed by atoms with Crippen LogP contribution in [-0.2, 0) is 15.9 Å². The van der Waals surface area contributed by atoms with Crippen molar-refractivity contribution in [2.75, 3.05) is 27.1 Å². The normalized spacial score (nSPS) is 50.2. The van der Waals surface area contributed by atoms with Gasteiger partial charge in [0.1, 0.15) is 12.1 Å². The molecule has 2 aliphatic rings. The van der Waals surface area contributed by atoms with Crippen LogP contribution >= 0.6 is 0 Å². The zero-order valence-electron chi connectivity index (χ0n) is 45.2.